The summed E-state index contributed by atoms with van der Waals surface area (Å²) in [6.45, 7) is 4.02. The lowest BCUT2D eigenvalue weighted by atomic mass is 10.2. The lowest BCUT2D eigenvalue weighted by molar-refractivity contribution is -0.131. The molecule has 0 radical (unpaired) electrons. The highest BCUT2D eigenvalue weighted by molar-refractivity contribution is 7.99. The van der Waals surface area contributed by atoms with Crippen molar-refractivity contribution in [1.29, 1.82) is 0 Å². The van der Waals surface area contributed by atoms with Gasteiger partial charge in [-0.25, -0.2) is 4.79 Å². The molecule has 0 aliphatic carbocycles. The Morgan fingerprint density at radius 2 is 2.25 bits per heavy atom. The van der Waals surface area contributed by atoms with E-state index < -0.39 is 5.97 Å². The monoisotopic (exact) mass is 294 g/mol. The normalized spacial score (nSPS) is 12.3. The first-order valence-corrected chi connectivity index (χ1v) is 7.44. The van der Waals surface area contributed by atoms with Crippen LogP contribution < -0.4 is 5.32 Å². The van der Waals surface area contributed by atoms with Crippen LogP contribution in [0.1, 0.15) is 29.9 Å². The van der Waals surface area contributed by atoms with E-state index >= 15 is 0 Å². The Morgan fingerprint density at radius 3 is 2.80 bits per heavy atom. The van der Waals surface area contributed by atoms with Crippen molar-refractivity contribution in [2.45, 2.75) is 19.9 Å². The number of thioether (sulfide) groups is 1. The van der Waals surface area contributed by atoms with Crippen LogP contribution in [0.2, 0.25) is 0 Å². The summed E-state index contributed by atoms with van der Waals surface area (Å²) >= 11 is 1.77. The van der Waals surface area contributed by atoms with E-state index in [2.05, 4.69) is 17.2 Å². The van der Waals surface area contributed by atoms with E-state index in [1.54, 1.807) is 23.9 Å². The van der Waals surface area contributed by atoms with Crippen LogP contribution in [-0.2, 0) is 4.79 Å². The van der Waals surface area contributed by atoms with Gasteiger partial charge in [-0.05, 0) is 30.4 Å². The molecule has 0 fully saturated rings. The van der Waals surface area contributed by atoms with E-state index in [0.717, 1.165) is 17.6 Å². The SMILES string of the molecule is CCSCC(C)NC(=O)c1ccc(/C=C/C(=O)O)cn1. The van der Waals surface area contributed by atoms with Gasteiger partial charge in [0.05, 0.1) is 0 Å². The Kier molecular flexibility index (Phi) is 6.79. The number of hydrogen-bond donors (Lipinski definition) is 2. The summed E-state index contributed by atoms with van der Waals surface area (Å²) in [6.07, 6.45) is 3.93. The van der Waals surface area contributed by atoms with Gasteiger partial charge in [0.2, 0.25) is 0 Å². The molecule has 108 valence electrons. The average Bonchev–Trinajstić information content (AvgIpc) is 2.43. The van der Waals surface area contributed by atoms with Crippen molar-refractivity contribution in [2.75, 3.05) is 11.5 Å². The third kappa shape index (κ3) is 5.88. The van der Waals surface area contributed by atoms with Gasteiger partial charge in [-0.2, -0.15) is 11.8 Å². The first-order valence-electron chi connectivity index (χ1n) is 6.28. The van der Waals surface area contributed by atoms with Crippen LogP contribution in [-0.4, -0.2) is 39.5 Å². The Morgan fingerprint density at radius 1 is 1.50 bits per heavy atom. The van der Waals surface area contributed by atoms with Crippen LogP contribution in [0.3, 0.4) is 0 Å². The van der Waals surface area contributed by atoms with Gasteiger partial charge in [-0.1, -0.05) is 13.0 Å². The van der Waals surface area contributed by atoms with Crippen molar-refractivity contribution < 1.29 is 14.7 Å². The highest BCUT2D eigenvalue weighted by Gasteiger charge is 2.10. The van der Waals surface area contributed by atoms with Crippen LogP contribution in [0.15, 0.2) is 24.4 Å². The highest BCUT2D eigenvalue weighted by Crippen LogP contribution is 2.05. The minimum absolute atomic E-state index is 0.0841. The molecule has 1 aromatic heterocycles. The quantitative estimate of drug-likeness (QED) is 0.752. The summed E-state index contributed by atoms with van der Waals surface area (Å²) in [6, 6.07) is 3.32. The van der Waals surface area contributed by atoms with E-state index in [4.69, 9.17) is 5.11 Å². The predicted octanol–water partition coefficient (Wildman–Crippen LogP) is 2.05. The Bertz CT molecular complexity index is 486. The molecule has 1 aromatic rings. The first-order chi connectivity index (χ1) is 9.52. The topological polar surface area (TPSA) is 79.3 Å². The second kappa shape index (κ2) is 8.37. The zero-order valence-corrected chi connectivity index (χ0v) is 12.3. The van der Waals surface area contributed by atoms with E-state index in [0.29, 0.717) is 11.3 Å². The fourth-order valence-corrected chi connectivity index (χ4v) is 2.11. The maximum Gasteiger partial charge on any atom is 0.328 e. The smallest absolute Gasteiger partial charge is 0.328 e. The molecule has 0 aromatic carbocycles. The molecule has 1 atom stereocenters. The fourth-order valence-electron chi connectivity index (χ4n) is 1.44. The van der Waals surface area contributed by atoms with E-state index in [9.17, 15) is 9.59 Å². The van der Waals surface area contributed by atoms with Gasteiger partial charge >= 0.3 is 5.97 Å². The Labute approximate surface area is 122 Å². The number of hydrogen-bond acceptors (Lipinski definition) is 4. The molecule has 0 spiro atoms. The van der Waals surface area contributed by atoms with Gasteiger partial charge in [-0.15, -0.1) is 0 Å². The number of carboxylic acid groups (broad SMARTS) is 1. The standard InChI is InChI=1S/C14H18N2O3S/c1-3-20-9-10(2)16-14(19)12-6-4-11(8-15-12)5-7-13(17)18/h4-8,10H,3,9H2,1-2H3,(H,16,19)(H,17,18)/b7-5+. The number of amides is 1. The maximum atomic E-state index is 11.9. The zero-order chi connectivity index (χ0) is 15.0. The molecule has 6 heteroatoms. The summed E-state index contributed by atoms with van der Waals surface area (Å²) in [4.78, 5) is 26.3. The van der Waals surface area contributed by atoms with Gasteiger partial charge in [0.15, 0.2) is 0 Å². The summed E-state index contributed by atoms with van der Waals surface area (Å²) in [5.41, 5.74) is 0.962. The number of aliphatic carboxylic acids is 1. The molecule has 1 heterocycles. The van der Waals surface area contributed by atoms with Crippen molar-refractivity contribution in [3.63, 3.8) is 0 Å². The van der Waals surface area contributed by atoms with Crippen LogP contribution >= 0.6 is 11.8 Å². The summed E-state index contributed by atoms with van der Waals surface area (Å²) in [7, 11) is 0. The second-order valence-electron chi connectivity index (χ2n) is 4.18. The van der Waals surface area contributed by atoms with Crippen LogP contribution in [0, 0.1) is 0 Å². The molecule has 0 bridgehead atoms. The average molecular weight is 294 g/mol. The van der Waals surface area contributed by atoms with Gasteiger partial charge in [-0.3, -0.25) is 9.78 Å². The predicted molar refractivity (Wildman–Crippen MR) is 80.8 cm³/mol. The zero-order valence-electron chi connectivity index (χ0n) is 11.5. The van der Waals surface area contributed by atoms with Crippen molar-refractivity contribution in [2.24, 2.45) is 0 Å². The Balaban J connectivity index is 2.59. The molecule has 0 aliphatic heterocycles. The molecule has 0 saturated carbocycles. The summed E-state index contributed by atoms with van der Waals surface area (Å²) in [5, 5.41) is 11.4. The van der Waals surface area contributed by atoms with E-state index in [1.807, 2.05) is 6.92 Å². The molecule has 20 heavy (non-hydrogen) atoms. The van der Waals surface area contributed by atoms with Crippen molar-refractivity contribution in [3.8, 4) is 0 Å². The molecule has 1 amide bonds. The maximum absolute atomic E-state index is 11.9. The van der Waals surface area contributed by atoms with E-state index in [-0.39, 0.29) is 11.9 Å². The molecule has 2 N–H and O–H groups in total. The van der Waals surface area contributed by atoms with Crippen LogP contribution in [0.4, 0.5) is 0 Å². The molecular formula is C14H18N2O3S. The number of nitrogens with one attached hydrogen (secondary N) is 1. The fraction of sp³-hybridized carbons (Fsp3) is 0.357. The minimum atomic E-state index is -1.02. The molecule has 0 aliphatic rings. The van der Waals surface area contributed by atoms with Crippen LogP contribution in [0.5, 0.6) is 0 Å². The van der Waals surface area contributed by atoms with Crippen molar-refractivity contribution in [1.82, 2.24) is 10.3 Å². The lowest BCUT2D eigenvalue weighted by Gasteiger charge is -2.12. The molecule has 5 nitrogen and oxygen atoms in total. The highest BCUT2D eigenvalue weighted by atomic mass is 32.2. The largest absolute Gasteiger partial charge is 0.478 e. The van der Waals surface area contributed by atoms with Gasteiger partial charge in [0.25, 0.3) is 5.91 Å². The number of nitrogens with zero attached hydrogens (tertiary/aromatic N) is 1. The Hall–Kier alpha value is -1.82. The van der Waals surface area contributed by atoms with Crippen LogP contribution in [0.25, 0.3) is 6.08 Å². The molecule has 0 saturated heterocycles. The van der Waals surface area contributed by atoms with Gasteiger partial charge < -0.3 is 10.4 Å². The number of carbonyl (C=O) groups is 2. The molecular weight excluding hydrogens is 276 g/mol. The third-order valence-electron chi connectivity index (χ3n) is 2.39. The molecule has 1 unspecified atom stereocenters. The molecule has 1 rings (SSSR count). The van der Waals surface area contributed by atoms with Crippen molar-refractivity contribution in [3.05, 3.63) is 35.7 Å². The third-order valence-corrected chi connectivity index (χ3v) is 3.53. The summed E-state index contributed by atoms with van der Waals surface area (Å²) < 4.78 is 0. The minimum Gasteiger partial charge on any atom is -0.478 e. The van der Waals surface area contributed by atoms with Crippen molar-refractivity contribution >= 4 is 29.7 Å². The number of carbonyl (C=O) groups excluding carboxylic acids is 1. The summed E-state index contributed by atoms with van der Waals surface area (Å²) in [5.74, 6) is 0.641. The number of rotatable bonds is 7. The number of carboxylic acids is 1. The van der Waals surface area contributed by atoms with Gasteiger partial charge in [0, 0.05) is 24.1 Å². The number of aromatic nitrogens is 1. The van der Waals surface area contributed by atoms with E-state index in [1.165, 1.54) is 12.3 Å². The second-order valence-corrected chi connectivity index (χ2v) is 5.50. The lowest BCUT2D eigenvalue weighted by Crippen LogP contribution is -2.34. The van der Waals surface area contributed by atoms with Gasteiger partial charge in [0.1, 0.15) is 5.69 Å². The number of pyridine rings is 1. The first kappa shape index (κ1) is 16.2.